The summed E-state index contributed by atoms with van der Waals surface area (Å²) in [5.41, 5.74) is 1.22. The first-order chi connectivity index (χ1) is 8.57. The highest BCUT2D eigenvalue weighted by atomic mass is 35.5. The topological polar surface area (TPSA) is 35.5 Å². The molecule has 1 aromatic carbocycles. The molecule has 2 rings (SSSR count). The molecular formula is C13H18ClO3P. The van der Waals surface area contributed by atoms with Crippen LogP contribution in [0.3, 0.4) is 0 Å². The van der Waals surface area contributed by atoms with Gasteiger partial charge in [-0.2, -0.15) is 0 Å². The Hall–Kier alpha value is -0.340. The van der Waals surface area contributed by atoms with Crippen LogP contribution >= 0.6 is 19.2 Å². The third-order valence-corrected chi connectivity index (χ3v) is 4.67. The highest BCUT2D eigenvalue weighted by Crippen LogP contribution is 2.45. The van der Waals surface area contributed by atoms with Crippen LogP contribution in [0.15, 0.2) is 24.3 Å². The van der Waals surface area contributed by atoms with Crippen molar-refractivity contribution in [3.8, 4) is 0 Å². The van der Waals surface area contributed by atoms with Gasteiger partial charge in [0, 0.05) is 11.7 Å². The zero-order valence-corrected chi connectivity index (χ0v) is 12.1. The van der Waals surface area contributed by atoms with Crippen molar-refractivity contribution in [2.45, 2.75) is 25.2 Å². The molecule has 1 aliphatic rings. The van der Waals surface area contributed by atoms with E-state index in [0.717, 1.165) is 24.3 Å². The molecule has 100 valence electrons. The molecule has 0 spiro atoms. The summed E-state index contributed by atoms with van der Waals surface area (Å²) in [4.78, 5) is 0. The second-order valence-corrected chi connectivity index (χ2v) is 7.12. The SMILES string of the molecule is CP1(=O)OCCCC(c2cccc(Cl)c2)CCO1. The van der Waals surface area contributed by atoms with Crippen LogP contribution in [0.2, 0.25) is 5.02 Å². The number of benzene rings is 1. The molecule has 0 aromatic heterocycles. The normalized spacial score (nSPS) is 30.2. The van der Waals surface area contributed by atoms with Gasteiger partial charge in [-0.05, 0) is 42.9 Å². The molecule has 3 nitrogen and oxygen atoms in total. The zero-order chi connectivity index (χ0) is 13.0. The zero-order valence-electron chi connectivity index (χ0n) is 10.5. The lowest BCUT2D eigenvalue weighted by Gasteiger charge is -2.16. The highest BCUT2D eigenvalue weighted by molar-refractivity contribution is 7.52. The van der Waals surface area contributed by atoms with Crippen molar-refractivity contribution in [1.29, 1.82) is 0 Å². The first-order valence-corrected chi connectivity index (χ1v) is 8.56. The van der Waals surface area contributed by atoms with E-state index < -0.39 is 7.60 Å². The minimum absolute atomic E-state index is 0.394. The maximum Gasteiger partial charge on any atom is 0.327 e. The monoisotopic (exact) mass is 288 g/mol. The van der Waals surface area contributed by atoms with Crippen molar-refractivity contribution in [1.82, 2.24) is 0 Å². The minimum atomic E-state index is -2.84. The van der Waals surface area contributed by atoms with Crippen molar-refractivity contribution in [2.24, 2.45) is 0 Å². The van der Waals surface area contributed by atoms with Gasteiger partial charge in [0.25, 0.3) is 0 Å². The van der Waals surface area contributed by atoms with E-state index in [0.29, 0.717) is 19.1 Å². The number of hydrogen-bond donors (Lipinski definition) is 0. The van der Waals surface area contributed by atoms with Gasteiger partial charge in [0.05, 0.1) is 13.2 Å². The van der Waals surface area contributed by atoms with Crippen molar-refractivity contribution in [3.63, 3.8) is 0 Å². The number of hydrogen-bond acceptors (Lipinski definition) is 3. The molecule has 1 aromatic rings. The van der Waals surface area contributed by atoms with E-state index in [4.69, 9.17) is 20.6 Å². The Morgan fingerprint density at radius 2 is 2.06 bits per heavy atom. The van der Waals surface area contributed by atoms with E-state index in [-0.39, 0.29) is 0 Å². The molecule has 0 amide bonds. The lowest BCUT2D eigenvalue weighted by molar-refractivity contribution is 0.214. The maximum absolute atomic E-state index is 11.8. The molecule has 0 bridgehead atoms. The van der Waals surface area contributed by atoms with Crippen LogP contribution in [0.5, 0.6) is 0 Å². The summed E-state index contributed by atoms with van der Waals surface area (Å²) in [5, 5.41) is 0.755. The highest BCUT2D eigenvalue weighted by Gasteiger charge is 2.21. The molecule has 0 aliphatic carbocycles. The standard InChI is InChI=1S/C13H18ClO3P/c1-18(15)16-8-3-5-11(7-9-17-18)12-4-2-6-13(14)10-12/h2,4,6,10-11H,3,5,7-9H2,1H3. The average Bonchev–Trinajstić information content (AvgIpc) is 2.39. The first-order valence-electron chi connectivity index (χ1n) is 6.19. The fourth-order valence-corrected chi connectivity index (χ4v) is 3.37. The average molecular weight is 289 g/mol. The summed E-state index contributed by atoms with van der Waals surface area (Å²) < 4.78 is 22.4. The molecule has 1 heterocycles. The largest absolute Gasteiger partial charge is 0.327 e. The Balaban J connectivity index is 2.07. The molecule has 18 heavy (non-hydrogen) atoms. The summed E-state index contributed by atoms with van der Waals surface area (Å²) in [6.07, 6.45) is 2.74. The van der Waals surface area contributed by atoms with Crippen LogP contribution in [-0.2, 0) is 13.6 Å². The Labute approximate surface area is 113 Å². The fraction of sp³-hybridized carbons (Fsp3) is 0.538. The molecule has 1 aliphatic heterocycles. The van der Waals surface area contributed by atoms with Gasteiger partial charge in [-0.1, -0.05) is 23.7 Å². The van der Waals surface area contributed by atoms with Gasteiger partial charge in [-0.25, -0.2) is 0 Å². The van der Waals surface area contributed by atoms with Crippen molar-refractivity contribution < 1.29 is 13.6 Å². The quantitative estimate of drug-likeness (QED) is 0.716. The van der Waals surface area contributed by atoms with Crippen LogP contribution in [0.1, 0.15) is 30.7 Å². The minimum Gasteiger partial charge on any atom is -0.309 e. The summed E-state index contributed by atoms with van der Waals surface area (Å²) in [7, 11) is -2.84. The first kappa shape index (κ1) is 14.1. The second-order valence-electron chi connectivity index (χ2n) is 4.62. The van der Waals surface area contributed by atoms with Gasteiger partial charge in [0.2, 0.25) is 0 Å². The van der Waals surface area contributed by atoms with Crippen LogP contribution in [0, 0.1) is 0 Å². The van der Waals surface area contributed by atoms with E-state index in [1.54, 1.807) is 0 Å². The summed E-state index contributed by atoms with van der Waals surface area (Å²) in [6.45, 7) is 2.49. The van der Waals surface area contributed by atoms with Crippen LogP contribution in [0.4, 0.5) is 0 Å². The van der Waals surface area contributed by atoms with Gasteiger partial charge >= 0.3 is 7.60 Å². The van der Waals surface area contributed by atoms with Crippen molar-refractivity contribution >= 4 is 19.2 Å². The molecule has 0 saturated carbocycles. The Bertz CT molecular complexity index is 450. The van der Waals surface area contributed by atoms with Gasteiger partial charge in [-0.3, -0.25) is 4.57 Å². The smallest absolute Gasteiger partial charge is 0.309 e. The summed E-state index contributed by atoms with van der Waals surface area (Å²) in [6, 6.07) is 7.92. The molecule has 0 radical (unpaired) electrons. The third-order valence-electron chi connectivity index (χ3n) is 3.13. The molecular weight excluding hydrogens is 271 g/mol. The number of halogens is 1. The van der Waals surface area contributed by atoms with Crippen LogP contribution in [-0.4, -0.2) is 19.9 Å². The van der Waals surface area contributed by atoms with Crippen molar-refractivity contribution in [3.05, 3.63) is 34.9 Å². The lowest BCUT2D eigenvalue weighted by atomic mass is 9.92. The molecule has 2 atom stereocenters. The van der Waals surface area contributed by atoms with Crippen LogP contribution < -0.4 is 0 Å². The summed E-state index contributed by atoms with van der Waals surface area (Å²) >= 11 is 6.01. The Morgan fingerprint density at radius 1 is 1.28 bits per heavy atom. The molecule has 1 saturated heterocycles. The molecule has 5 heteroatoms. The van der Waals surface area contributed by atoms with E-state index in [9.17, 15) is 4.57 Å². The second kappa shape index (κ2) is 6.21. The Morgan fingerprint density at radius 3 is 2.83 bits per heavy atom. The van der Waals surface area contributed by atoms with Gasteiger partial charge in [-0.15, -0.1) is 0 Å². The predicted octanol–water partition coefficient (Wildman–Crippen LogP) is 4.46. The lowest BCUT2D eigenvalue weighted by Crippen LogP contribution is -2.02. The molecule has 2 unspecified atom stereocenters. The fourth-order valence-electron chi connectivity index (χ4n) is 2.20. The van der Waals surface area contributed by atoms with Gasteiger partial charge in [0.15, 0.2) is 0 Å². The van der Waals surface area contributed by atoms with E-state index in [1.165, 1.54) is 12.2 Å². The van der Waals surface area contributed by atoms with E-state index in [1.807, 2.05) is 18.2 Å². The van der Waals surface area contributed by atoms with Gasteiger partial charge < -0.3 is 9.05 Å². The number of rotatable bonds is 1. The van der Waals surface area contributed by atoms with E-state index in [2.05, 4.69) is 6.07 Å². The Kier molecular flexibility index (Phi) is 4.85. The summed E-state index contributed by atoms with van der Waals surface area (Å²) in [5.74, 6) is 0.394. The van der Waals surface area contributed by atoms with Gasteiger partial charge in [0.1, 0.15) is 0 Å². The predicted molar refractivity (Wildman–Crippen MR) is 73.5 cm³/mol. The van der Waals surface area contributed by atoms with Crippen LogP contribution in [0.25, 0.3) is 0 Å². The van der Waals surface area contributed by atoms with Crippen molar-refractivity contribution in [2.75, 3.05) is 19.9 Å². The maximum atomic E-state index is 11.8. The molecule has 0 N–H and O–H groups in total. The molecule has 1 fully saturated rings. The van der Waals surface area contributed by atoms with E-state index >= 15 is 0 Å². The third kappa shape index (κ3) is 4.10.